The average molecular weight is 228 g/mol. The predicted octanol–water partition coefficient (Wildman–Crippen LogP) is 0.702. The van der Waals surface area contributed by atoms with Crippen LogP contribution in [0.2, 0.25) is 0 Å². The van der Waals surface area contributed by atoms with E-state index in [1.165, 1.54) is 6.26 Å². The fraction of sp³-hybridized carbons (Fsp3) is 0.400. The first-order valence-electron chi connectivity index (χ1n) is 4.62. The van der Waals surface area contributed by atoms with Crippen molar-refractivity contribution in [2.75, 3.05) is 12.0 Å². The van der Waals surface area contributed by atoms with Gasteiger partial charge >= 0.3 is 0 Å². The van der Waals surface area contributed by atoms with E-state index >= 15 is 0 Å². The Morgan fingerprint density at radius 1 is 1.33 bits per heavy atom. The van der Waals surface area contributed by atoms with Gasteiger partial charge in [-0.3, -0.25) is 0 Å². The van der Waals surface area contributed by atoms with E-state index in [9.17, 15) is 8.42 Å². The van der Waals surface area contributed by atoms with Crippen LogP contribution >= 0.6 is 0 Å². The lowest BCUT2D eigenvalue weighted by atomic mass is 10.0. The quantitative estimate of drug-likeness (QED) is 0.746. The lowest BCUT2D eigenvalue weighted by Crippen LogP contribution is -2.30. The van der Waals surface area contributed by atoms with Crippen LogP contribution in [0.3, 0.4) is 0 Å². The molecule has 0 aliphatic carbocycles. The Balaban J connectivity index is 3.00. The van der Waals surface area contributed by atoms with Crippen LogP contribution in [0.4, 0.5) is 5.69 Å². The molecule has 0 radical (unpaired) electrons. The van der Waals surface area contributed by atoms with E-state index in [1.54, 1.807) is 31.2 Å². The highest BCUT2D eigenvalue weighted by Crippen LogP contribution is 2.20. The Morgan fingerprint density at radius 3 is 2.40 bits per heavy atom. The molecule has 1 aromatic carbocycles. The van der Waals surface area contributed by atoms with E-state index in [-0.39, 0.29) is 0 Å². The van der Waals surface area contributed by atoms with Gasteiger partial charge in [0.15, 0.2) is 9.84 Å². The van der Waals surface area contributed by atoms with Crippen molar-refractivity contribution in [2.45, 2.75) is 18.2 Å². The van der Waals surface area contributed by atoms with Crippen molar-refractivity contribution in [2.24, 2.45) is 5.73 Å². The minimum atomic E-state index is -3.13. The zero-order valence-corrected chi connectivity index (χ0v) is 9.66. The Hall–Kier alpha value is -1.07. The average Bonchev–Trinajstić information content (AvgIpc) is 2.14. The molecule has 15 heavy (non-hydrogen) atoms. The molecule has 0 unspecified atom stereocenters. The third kappa shape index (κ3) is 2.94. The first-order valence-corrected chi connectivity index (χ1v) is 6.57. The number of anilines is 1. The molecule has 0 aromatic heterocycles. The molecular weight excluding hydrogens is 212 g/mol. The van der Waals surface area contributed by atoms with Gasteiger partial charge in [-0.1, -0.05) is 12.1 Å². The first-order chi connectivity index (χ1) is 6.82. The van der Waals surface area contributed by atoms with E-state index < -0.39 is 21.1 Å². The molecule has 0 heterocycles. The second-order valence-electron chi connectivity index (χ2n) is 3.73. The SMILES string of the molecule is C[C@H]([C@H](N)c1cccc(N)c1)S(C)(=O)=O. The fourth-order valence-electron chi connectivity index (χ4n) is 1.30. The third-order valence-corrected chi connectivity index (χ3v) is 4.12. The van der Waals surface area contributed by atoms with E-state index in [0.717, 1.165) is 5.56 Å². The van der Waals surface area contributed by atoms with Crippen molar-refractivity contribution < 1.29 is 8.42 Å². The summed E-state index contributed by atoms with van der Waals surface area (Å²) < 4.78 is 22.6. The van der Waals surface area contributed by atoms with Crippen LogP contribution in [-0.4, -0.2) is 19.9 Å². The molecule has 0 bridgehead atoms. The molecule has 2 atom stereocenters. The molecule has 0 amide bonds. The maximum Gasteiger partial charge on any atom is 0.151 e. The van der Waals surface area contributed by atoms with Crippen molar-refractivity contribution in [1.82, 2.24) is 0 Å². The van der Waals surface area contributed by atoms with Gasteiger partial charge in [0.1, 0.15) is 0 Å². The van der Waals surface area contributed by atoms with E-state index in [0.29, 0.717) is 5.69 Å². The summed E-state index contributed by atoms with van der Waals surface area (Å²) in [4.78, 5) is 0. The summed E-state index contributed by atoms with van der Waals surface area (Å²) in [6.07, 6.45) is 1.18. The van der Waals surface area contributed by atoms with Crippen LogP contribution in [0.1, 0.15) is 18.5 Å². The van der Waals surface area contributed by atoms with Crippen molar-refractivity contribution in [3.63, 3.8) is 0 Å². The van der Waals surface area contributed by atoms with Crippen LogP contribution < -0.4 is 11.5 Å². The topological polar surface area (TPSA) is 86.2 Å². The molecule has 84 valence electrons. The number of hydrogen-bond acceptors (Lipinski definition) is 4. The monoisotopic (exact) mass is 228 g/mol. The minimum absolute atomic E-state index is 0.538. The van der Waals surface area contributed by atoms with E-state index in [2.05, 4.69) is 0 Å². The van der Waals surface area contributed by atoms with Crippen molar-refractivity contribution in [3.05, 3.63) is 29.8 Å². The van der Waals surface area contributed by atoms with Gasteiger partial charge in [-0.05, 0) is 24.6 Å². The molecule has 0 aliphatic rings. The van der Waals surface area contributed by atoms with Crippen LogP contribution in [0.25, 0.3) is 0 Å². The molecule has 4 nitrogen and oxygen atoms in total. The molecule has 5 heteroatoms. The number of rotatable bonds is 3. The highest BCUT2D eigenvalue weighted by atomic mass is 32.2. The van der Waals surface area contributed by atoms with E-state index in [1.807, 2.05) is 0 Å². The predicted molar refractivity (Wildman–Crippen MR) is 62.1 cm³/mol. The van der Waals surface area contributed by atoms with Gasteiger partial charge in [-0.25, -0.2) is 8.42 Å². The summed E-state index contributed by atoms with van der Waals surface area (Å²) in [6, 6.07) is 6.44. The molecule has 1 aromatic rings. The Labute approximate surface area is 90.2 Å². The van der Waals surface area contributed by atoms with Crippen molar-refractivity contribution >= 4 is 15.5 Å². The first kappa shape index (κ1) is 12.0. The largest absolute Gasteiger partial charge is 0.399 e. The van der Waals surface area contributed by atoms with Gasteiger partial charge in [0, 0.05) is 18.0 Å². The lowest BCUT2D eigenvalue weighted by Gasteiger charge is -2.18. The molecule has 0 saturated carbocycles. The fourth-order valence-corrected chi connectivity index (χ4v) is 1.99. The Morgan fingerprint density at radius 2 is 1.93 bits per heavy atom. The second kappa shape index (κ2) is 4.20. The van der Waals surface area contributed by atoms with Crippen LogP contribution in [-0.2, 0) is 9.84 Å². The highest BCUT2D eigenvalue weighted by Gasteiger charge is 2.23. The second-order valence-corrected chi connectivity index (χ2v) is 6.13. The highest BCUT2D eigenvalue weighted by molar-refractivity contribution is 7.91. The lowest BCUT2D eigenvalue weighted by molar-refractivity contribution is 0.571. The Bertz CT molecular complexity index is 442. The molecular formula is C10H16N2O2S. The third-order valence-electron chi connectivity index (χ3n) is 2.48. The summed E-state index contributed by atoms with van der Waals surface area (Å²) in [7, 11) is -3.13. The Kier molecular flexibility index (Phi) is 3.36. The summed E-state index contributed by atoms with van der Waals surface area (Å²) in [5.41, 5.74) is 12.8. The maximum absolute atomic E-state index is 11.3. The van der Waals surface area contributed by atoms with Gasteiger partial charge in [-0.15, -0.1) is 0 Å². The zero-order chi connectivity index (χ0) is 11.6. The molecule has 4 N–H and O–H groups in total. The number of hydrogen-bond donors (Lipinski definition) is 2. The minimum Gasteiger partial charge on any atom is -0.399 e. The van der Waals surface area contributed by atoms with Gasteiger partial charge in [0.25, 0.3) is 0 Å². The summed E-state index contributed by atoms with van der Waals surface area (Å²) in [5.74, 6) is 0. The van der Waals surface area contributed by atoms with Crippen molar-refractivity contribution in [3.8, 4) is 0 Å². The summed E-state index contributed by atoms with van der Waals surface area (Å²) in [6.45, 7) is 1.60. The molecule has 0 aliphatic heterocycles. The van der Waals surface area contributed by atoms with Gasteiger partial charge in [0.05, 0.1) is 5.25 Å². The summed E-state index contributed by atoms with van der Waals surface area (Å²) in [5, 5.41) is -0.612. The van der Waals surface area contributed by atoms with Gasteiger partial charge in [-0.2, -0.15) is 0 Å². The molecule has 0 spiro atoms. The zero-order valence-electron chi connectivity index (χ0n) is 8.84. The number of sulfone groups is 1. The van der Waals surface area contributed by atoms with E-state index in [4.69, 9.17) is 11.5 Å². The number of nitrogen functional groups attached to an aromatic ring is 1. The van der Waals surface area contributed by atoms with Crippen molar-refractivity contribution in [1.29, 1.82) is 0 Å². The van der Waals surface area contributed by atoms with Gasteiger partial charge in [0.2, 0.25) is 0 Å². The molecule has 1 rings (SSSR count). The maximum atomic E-state index is 11.3. The normalized spacial score (nSPS) is 15.9. The molecule has 0 fully saturated rings. The number of nitrogens with two attached hydrogens (primary N) is 2. The van der Waals surface area contributed by atoms with Crippen LogP contribution in [0.5, 0.6) is 0 Å². The van der Waals surface area contributed by atoms with Crippen LogP contribution in [0.15, 0.2) is 24.3 Å². The summed E-state index contributed by atoms with van der Waals surface area (Å²) >= 11 is 0. The number of benzene rings is 1. The smallest absolute Gasteiger partial charge is 0.151 e. The van der Waals surface area contributed by atoms with Gasteiger partial charge < -0.3 is 11.5 Å². The van der Waals surface area contributed by atoms with Crippen LogP contribution in [0, 0.1) is 0 Å². The standard InChI is InChI=1S/C10H16N2O2S/c1-7(15(2,13)14)10(12)8-4-3-5-9(11)6-8/h3-7,10H,11-12H2,1-2H3/t7-,10+/m1/s1. The molecule has 0 saturated heterocycles.